The van der Waals surface area contributed by atoms with E-state index in [9.17, 15) is 21.6 Å². The van der Waals surface area contributed by atoms with Crippen LogP contribution >= 0.6 is 0 Å². The fourth-order valence-corrected chi connectivity index (χ4v) is 6.17. The van der Waals surface area contributed by atoms with Crippen LogP contribution in [0.25, 0.3) is 0 Å². The summed E-state index contributed by atoms with van der Waals surface area (Å²) in [5, 5.41) is 13.1. The van der Waals surface area contributed by atoms with Crippen LogP contribution in [0.15, 0.2) is 70.6 Å². The maximum absolute atomic E-state index is 13.1. The van der Waals surface area contributed by atoms with Crippen LogP contribution in [0, 0.1) is 0 Å². The summed E-state index contributed by atoms with van der Waals surface area (Å²) in [5.41, 5.74) is 1.45. The van der Waals surface area contributed by atoms with Crippen LogP contribution in [0.3, 0.4) is 0 Å². The lowest BCUT2D eigenvalue weighted by atomic mass is 9.94. The van der Waals surface area contributed by atoms with Crippen LogP contribution in [0.5, 0.6) is 0 Å². The first-order valence-corrected chi connectivity index (χ1v) is 13.1. The van der Waals surface area contributed by atoms with Crippen molar-refractivity contribution in [2.24, 2.45) is 0 Å². The molecule has 10 nitrogen and oxygen atoms in total. The lowest BCUT2D eigenvalue weighted by Gasteiger charge is -2.24. The molecule has 33 heavy (non-hydrogen) atoms. The average molecular weight is 491 g/mol. The molecule has 0 saturated heterocycles. The van der Waals surface area contributed by atoms with Crippen molar-refractivity contribution in [3.8, 4) is 0 Å². The Bertz CT molecular complexity index is 1390. The van der Waals surface area contributed by atoms with Crippen LogP contribution in [-0.4, -0.2) is 37.7 Å². The van der Waals surface area contributed by atoms with E-state index < -0.39 is 32.1 Å². The van der Waals surface area contributed by atoms with E-state index in [-0.39, 0.29) is 22.0 Å². The lowest BCUT2D eigenvalue weighted by Crippen LogP contribution is -2.31. The number of nitrogens with one attached hydrogen (secondary N) is 2. The highest BCUT2D eigenvalue weighted by atomic mass is 32.2. The highest BCUT2D eigenvalue weighted by molar-refractivity contribution is 7.92. The molecule has 4 rings (SSSR count). The van der Waals surface area contributed by atoms with Gasteiger partial charge >= 0.3 is 5.97 Å². The molecule has 1 aliphatic carbocycles. The number of rotatable bonds is 8. The van der Waals surface area contributed by atoms with Crippen molar-refractivity contribution in [1.82, 2.24) is 14.5 Å². The average Bonchev–Trinajstić information content (AvgIpc) is 3.17. The molecule has 0 saturated carbocycles. The van der Waals surface area contributed by atoms with Gasteiger partial charge in [0.05, 0.1) is 27.7 Å². The Labute approximate surface area is 191 Å². The first-order chi connectivity index (χ1) is 15.7. The molecule has 0 aliphatic heterocycles. The minimum atomic E-state index is -4.00. The Kier molecular flexibility index (Phi) is 6.23. The van der Waals surface area contributed by atoms with E-state index in [2.05, 4.69) is 14.5 Å². The molecule has 0 bridgehead atoms. The molecule has 0 amide bonds. The van der Waals surface area contributed by atoms with Crippen molar-refractivity contribution < 1.29 is 26.7 Å². The second kappa shape index (κ2) is 8.96. The van der Waals surface area contributed by atoms with Gasteiger partial charge < -0.3 is 5.11 Å². The molecule has 1 atom stereocenters. The standard InChI is InChI=1S/C21H22N4O6S2/c26-21(27)14-25-20-11-5-10-19(18(20)13-22-25)24-33(30,31)17-9-4-6-15(12-17)23-32(28,29)16-7-2-1-3-8-16/h1-4,6-9,12-13,19,23-24H,5,10-11,14H2,(H,26,27)/t19-/m1/s1. The fourth-order valence-electron chi connectivity index (χ4n) is 3.80. The molecule has 0 radical (unpaired) electrons. The zero-order valence-corrected chi connectivity index (χ0v) is 19.0. The third-order valence-electron chi connectivity index (χ3n) is 5.30. The monoisotopic (exact) mass is 490 g/mol. The molecule has 2 aromatic carbocycles. The van der Waals surface area contributed by atoms with E-state index in [0.29, 0.717) is 30.5 Å². The van der Waals surface area contributed by atoms with Crippen LogP contribution in [0.1, 0.15) is 30.1 Å². The molecule has 3 aromatic rings. The van der Waals surface area contributed by atoms with E-state index >= 15 is 0 Å². The summed E-state index contributed by atoms with van der Waals surface area (Å²) in [7, 11) is -7.87. The van der Waals surface area contributed by atoms with Gasteiger partial charge in [-0.2, -0.15) is 5.10 Å². The second-order valence-electron chi connectivity index (χ2n) is 7.61. The van der Waals surface area contributed by atoms with Crippen molar-refractivity contribution in [3.63, 3.8) is 0 Å². The van der Waals surface area contributed by atoms with Gasteiger partial charge in [-0.1, -0.05) is 24.3 Å². The molecule has 1 heterocycles. The summed E-state index contributed by atoms with van der Waals surface area (Å²) >= 11 is 0. The molecule has 12 heteroatoms. The summed E-state index contributed by atoms with van der Waals surface area (Å²) in [6.45, 7) is -0.293. The number of anilines is 1. The van der Waals surface area contributed by atoms with Crippen LogP contribution in [0.2, 0.25) is 0 Å². The van der Waals surface area contributed by atoms with Gasteiger partial charge in [0, 0.05) is 11.3 Å². The van der Waals surface area contributed by atoms with E-state index in [4.69, 9.17) is 5.11 Å². The third-order valence-corrected chi connectivity index (χ3v) is 8.16. The van der Waals surface area contributed by atoms with Crippen LogP contribution in [-0.2, 0) is 37.8 Å². The van der Waals surface area contributed by atoms with Gasteiger partial charge in [-0.25, -0.2) is 21.6 Å². The van der Waals surface area contributed by atoms with E-state index in [0.717, 1.165) is 0 Å². The number of sulfonamides is 2. The molecule has 174 valence electrons. The number of carbonyl (C=O) groups is 1. The molecule has 0 spiro atoms. The number of carboxylic acids is 1. The topological polar surface area (TPSA) is 147 Å². The Hall–Kier alpha value is -3.22. The Morgan fingerprint density at radius 2 is 1.76 bits per heavy atom. The van der Waals surface area contributed by atoms with Gasteiger partial charge in [0.2, 0.25) is 10.0 Å². The van der Waals surface area contributed by atoms with Gasteiger partial charge in [0.25, 0.3) is 10.0 Å². The number of aromatic nitrogens is 2. The minimum absolute atomic E-state index is 0.0597. The van der Waals surface area contributed by atoms with E-state index in [1.807, 2.05) is 0 Å². The number of benzene rings is 2. The second-order valence-corrected chi connectivity index (χ2v) is 11.0. The van der Waals surface area contributed by atoms with Crippen molar-refractivity contribution in [3.05, 3.63) is 72.1 Å². The predicted octanol–water partition coefficient (Wildman–Crippen LogP) is 2.12. The zero-order valence-electron chi connectivity index (χ0n) is 17.4. The first-order valence-electron chi connectivity index (χ1n) is 10.1. The van der Waals surface area contributed by atoms with Crippen molar-refractivity contribution in [2.75, 3.05) is 4.72 Å². The molecular weight excluding hydrogens is 468 g/mol. The number of hydrogen-bond donors (Lipinski definition) is 3. The zero-order chi connectivity index (χ0) is 23.6. The smallest absolute Gasteiger partial charge is 0.325 e. The summed E-state index contributed by atoms with van der Waals surface area (Å²) in [4.78, 5) is 11.0. The number of aliphatic carboxylic acids is 1. The molecule has 0 fully saturated rings. The normalized spacial score (nSPS) is 16.2. The van der Waals surface area contributed by atoms with Gasteiger partial charge in [0.1, 0.15) is 6.54 Å². The highest BCUT2D eigenvalue weighted by Crippen LogP contribution is 2.31. The van der Waals surface area contributed by atoms with E-state index in [1.54, 1.807) is 18.2 Å². The van der Waals surface area contributed by atoms with Crippen LogP contribution in [0.4, 0.5) is 5.69 Å². The quantitative estimate of drug-likeness (QED) is 0.438. The van der Waals surface area contributed by atoms with Crippen molar-refractivity contribution >= 4 is 31.7 Å². The minimum Gasteiger partial charge on any atom is -0.480 e. The van der Waals surface area contributed by atoms with Crippen molar-refractivity contribution in [2.45, 2.75) is 41.6 Å². The molecule has 0 unspecified atom stereocenters. The Balaban J connectivity index is 1.56. The molecular formula is C21H22N4O6S2. The maximum atomic E-state index is 13.1. The number of fused-ring (bicyclic) bond motifs is 1. The summed E-state index contributed by atoms with van der Waals surface area (Å²) in [5.74, 6) is -1.03. The summed E-state index contributed by atoms with van der Waals surface area (Å²) in [6.07, 6.45) is 3.31. The van der Waals surface area contributed by atoms with Gasteiger partial charge in [-0.15, -0.1) is 0 Å². The SMILES string of the molecule is O=C(O)Cn1ncc2c1CCC[C@H]2NS(=O)(=O)c1cccc(NS(=O)(=O)c2ccccc2)c1. The number of nitrogens with zero attached hydrogens (tertiary/aromatic N) is 2. The van der Waals surface area contributed by atoms with Gasteiger partial charge in [-0.05, 0) is 49.6 Å². The van der Waals surface area contributed by atoms with Crippen molar-refractivity contribution in [1.29, 1.82) is 0 Å². The Morgan fingerprint density at radius 1 is 1.03 bits per heavy atom. The summed E-state index contributed by atoms with van der Waals surface area (Å²) in [6, 6.07) is 12.7. The molecule has 3 N–H and O–H groups in total. The van der Waals surface area contributed by atoms with Gasteiger partial charge in [-0.3, -0.25) is 14.2 Å². The molecule has 1 aromatic heterocycles. The van der Waals surface area contributed by atoms with Gasteiger partial charge in [0.15, 0.2) is 0 Å². The summed E-state index contributed by atoms with van der Waals surface area (Å²) < 4.78 is 57.7. The fraction of sp³-hybridized carbons (Fsp3) is 0.238. The maximum Gasteiger partial charge on any atom is 0.325 e. The van der Waals surface area contributed by atoms with E-state index in [1.165, 1.54) is 47.3 Å². The number of hydrogen-bond acceptors (Lipinski definition) is 6. The number of carboxylic acid groups (broad SMARTS) is 1. The lowest BCUT2D eigenvalue weighted by molar-refractivity contribution is -0.137. The highest BCUT2D eigenvalue weighted by Gasteiger charge is 2.29. The third kappa shape index (κ3) is 5.07. The largest absolute Gasteiger partial charge is 0.480 e. The predicted molar refractivity (Wildman–Crippen MR) is 120 cm³/mol. The first kappa shape index (κ1) is 23.0. The Morgan fingerprint density at radius 3 is 2.48 bits per heavy atom. The van der Waals surface area contributed by atoms with Crippen LogP contribution < -0.4 is 9.44 Å². The molecule has 1 aliphatic rings.